The molecular weight excluding hydrogens is 176 g/mol. The lowest BCUT2D eigenvalue weighted by molar-refractivity contribution is -0.199. The van der Waals surface area contributed by atoms with Crippen molar-refractivity contribution in [2.24, 2.45) is 0 Å². The molecule has 0 heterocycles. The fraction of sp³-hybridized carbons (Fsp3) is 0.714. The molecule has 0 bridgehead atoms. The number of halogens is 4. The van der Waals surface area contributed by atoms with Gasteiger partial charge in [-0.2, -0.15) is 0 Å². The molecule has 0 aromatic carbocycles. The summed E-state index contributed by atoms with van der Waals surface area (Å²) in [6.45, 7) is 3.69. The van der Waals surface area contributed by atoms with Crippen molar-refractivity contribution in [1.29, 1.82) is 0 Å². The van der Waals surface area contributed by atoms with E-state index in [9.17, 15) is 17.6 Å². The lowest BCUT2D eigenvalue weighted by atomic mass is 10.1. The summed E-state index contributed by atoms with van der Waals surface area (Å²) in [5.74, 6) is -7.18. The minimum atomic E-state index is -3.59. The molecule has 72 valence electrons. The molecule has 0 radical (unpaired) electrons. The quantitative estimate of drug-likeness (QED) is 0.484. The predicted octanol–water partition coefficient (Wildman–Crippen LogP) is 2.83. The lowest BCUT2D eigenvalue weighted by Crippen LogP contribution is -2.44. The van der Waals surface area contributed by atoms with Crippen LogP contribution in [0.3, 0.4) is 0 Å². The van der Waals surface area contributed by atoms with Gasteiger partial charge in [0.25, 0.3) is 11.8 Å². The molecule has 0 N–H and O–H groups in total. The number of rotatable bonds is 4. The third-order valence-electron chi connectivity index (χ3n) is 1.15. The van der Waals surface area contributed by atoms with Crippen molar-refractivity contribution in [3.05, 3.63) is 12.8 Å². The average molecular weight is 186 g/mol. The van der Waals surface area contributed by atoms with E-state index in [2.05, 4.69) is 11.3 Å². The summed E-state index contributed by atoms with van der Waals surface area (Å²) in [7, 11) is 0. The Balaban J connectivity index is 4.56. The summed E-state index contributed by atoms with van der Waals surface area (Å²) in [5, 5.41) is 0. The molecule has 0 aromatic rings. The Morgan fingerprint density at radius 3 is 1.58 bits per heavy atom. The minimum absolute atomic E-state index is 0.374. The van der Waals surface area contributed by atoms with E-state index >= 15 is 0 Å². The third-order valence-corrected chi connectivity index (χ3v) is 1.15. The Morgan fingerprint density at radius 2 is 1.50 bits per heavy atom. The molecule has 0 aromatic heterocycles. The van der Waals surface area contributed by atoms with Crippen molar-refractivity contribution in [2.75, 3.05) is 0 Å². The molecule has 0 rings (SSSR count). The van der Waals surface area contributed by atoms with Crippen molar-refractivity contribution in [2.45, 2.75) is 31.8 Å². The number of alkyl halides is 4. The molecule has 5 heteroatoms. The van der Waals surface area contributed by atoms with E-state index in [-0.39, 0.29) is 0 Å². The average Bonchev–Trinajstić information content (AvgIpc) is 1.77. The standard InChI is InChI=1S/C7H10F4O/c1-4-12-5(6(2,8)9)7(3,10)11/h4-5H,1H2,2-3H3. The Hall–Kier alpha value is -0.740. The third kappa shape index (κ3) is 3.11. The van der Waals surface area contributed by atoms with Gasteiger partial charge in [0.05, 0.1) is 6.26 Å². The van der Waals surface area contributed by atoms with Crippen molar-refractivity contribution < 1.29 is 22.3 Å². The van der Waals surface area contributed by atoms with Crippen LogP contribution >= 0.6 is 0 Å². The van der Waals surface area contributed by atoms with E-state index in [0.29, 0.717) is 20.1 Å². The van der Waals surface area contributed by atoms with Crippen LogP contribution in [-0.4, -0.2) is 17.9 Å². The van der Waals surface area contributed by atoms with E-state index in [1.165, 1.54) is 0 Å². The second-order valence-corrected chi connectivity index (χ2v) is 2.60. The fourth-order valence-corrected chi connectivity index (χ4v) is 0.780. The molecule has 0 spiro atoms. The summed E-state index contributed by atoms with van der Waals surface area (Å²) in [5.41, 5.74) is 0. The van der Waals surface area contributed by atoms with Gasteiger partial charge in [0.1, 0.15) is 0 Å². The first kappa shape index (κ1) is 11.3. The van der Waals surface area contributed by atoms with Crippen LogP contribution in [0.2, 0.25) is 0 Å². The van der Waals surface area contributed by atoms with Crippen LogP contribution in [0, 0.1) is 0 Å². The predicted molar refractivity (Wildman–Crippen MR) is 36.3 cm³/mol. The van der Waals surface area contributed by atoms with Crippen molar-refractivity contribution >= 4 is 0 Å². The monoisotopic (exact) mass is 186 g/mol. The van der Waals surface area contributed by atoms with Gasteiger partial charge < -0.3 is 4.74 Å². The first-order valence-electron chi connectivity index (χ1n) is 3.21. The molecule has 1 nitrogen and oxygen atoms in total. The van der Waals surface area contributed by atoms with Gasteiger partial charge in [-0.15, -0.1) is 0 Å². The molecule has 12 heavy (non-hydrogen) atoms. The van der Waals surface area contributed by atoms with Crippen LogP contribution in [0.25, 0.3) is 0 Å². The highest BCUT2D eigenvalue weighted by molar-refractivity contribution is 4.85. The second-order valence-electron chi connectivity index (χ2n) is 2.60. The zero-order chi connectivity index (χ0) is 9.99. The van der Waals surface area contributed by atoms with Crippen molar-refractivity contribution in [1.82, 2.24) is 0 Å². The zero-order valence-corrected chi connectivity index (χ0v) is 6.78. The van der Waals surface area contributed by atoms with Gasteiger partial charge in [0, 0.05) is 13.8 Å². The maximum Gasteiger partial charge on any atom is 0.287 e. The summed E-state index contributed by atoms with van der Waals surface area (Å²) >= 11 is 0. The van der Waals surface area contributed by atoms with Gasteiger partial charge in [-0.25, -0.2) is 17.6 Å². The highest BCUT2D eigenvalue weighted by Gasteiger charge is 2.50. The Bertz CT molecular complexity index is 142. The van der Waals surface area contributed by atoms with Gasteiger partial charge in [-0.1, -0.05) is 6.58 Å². The van der Waals surface area contributed by atoms with Crippen LogP contribution in [-0.2, 0) is 4.74 Å². The van der Waals surface area contributed by atoms with Crippen LogP contribution in [0.1, 0.15) is 13.8 Å². The van der Waals surface area contributed by atoms with Crippen LogP contribution in [0.15, 0.2) is 12.8 Å². The topological polar surface area (TPSA) is 9.23 Å². The molecule has 0 fully saturated rings. The number of hydrogen-bond donors (Lipinski definition) is 0. The van der Waals surface area contributed by atoms with Crippen LogP contribution in [0.5, 0.6) is 0 Å². The van der Waals surface area contributed by atoms with Gasteiger partial charge in [0.15, 0.2) is 0 Å². The Morgan fingerprint density at radius 1 is 1.17 bits per heavy atom. The normalized spacial score (nSPS) is 13.2. The molecule has 0 atom stereocenters. The molecule has 0 aliphatic carbocycles. The maximum atomic E-state index is 12.4. The zero-order valence-electron chi connectivity index (χ0n) is 6.78. The van der Waals surface area contributed by atoms with Crippen LogP contribution in [0.4, 0.5) is 17.6 Å². The van der Waals surface area contributed by atoms with E-state index in [0.717, 1.165) is 0 Å². The number of ether oxygens (including phenoxy) is 1. The van der Waals surface area contributed by atoms with Crippen molar-refractivity contribution in [3.63, 3.8) is 0 Å². The van der Waals surface area contributed by atoms with Crippen molar-refractivity contribution in [3.8, 4) is 0 Å². The summed E-state index contributed by atoms with van der Waals surface area (Å²) in [6, 6.07) is 0. The molecule has 0 amide bonds. The molecule has 0 aliphatic rings. The van der Waals surface area contributed by atoms with Gasteiger partial charge >= 0.3 is 0 Å². The smallest absolute Gasteiger partial charge is 0.287 e. The first-order valence-corrected chi connectivity index (χ1v) is 3.21. The summed E-state index contributed by atoms with van der Waals surface area (Å²) < 4.78 is 53.7. The van der Waals surface area contributed by atoms with E-state index in [1.54, 1.807) is 0 Å². The fourth-order valence-electron chi connectivity index (χ4n) is 0.780. The van der Waals surface area contributed by atoms with Gasteiger partial charge in [0.2, 0.25) is 6.10 Å². The second kappa shape index (κ2) is 3.33. The minimum Gasteiger partial charge on any atom is -0.486 e. The molecule has 0 aliphatic heterocycles. The Kier molecular flexibility index (Phi) is 3.12. The lowest BCUT2D eigenvalue weighted by Gasteiger charge is -2.27. The van der Waals surface area contributed by atoms with E-state index < -0.39 is 17.9 Å². The largest absolute Gasteiger partial charge is 0.486 e. The van der Waals surface area contributed by atoms with Gasteiger partial charge in [-0.3, -0.25) is 0 Å². The first-order chi connectivity index (χ1) is 5.19. The summed E-state index contributed by atoms with van der Waals surface area (Å²) in [6.07, 6.45) is -1.87. The maximum absolute atomic E-state index is 12.4. The van der Waals surface area contributed by atoms with Gasteiger partial charge in [-0.05, 0) is 0 Å². The molecular formula is C7H10F4O. The SMILES string of the molecule is C=COC(C(C)(F)F)C(C)(F)F. The van der Waals surface area contributed by atoms with E-state index in [1.807, 2.05) is 0 Å². The molecule has 0 saturated heterocycles. The summed E-state index contributed by atoms with van der Waals surface area (Å²) in [4.78, 5) is 0. The highest BCUT2D eigenvalue weighted by Crippen LogP contribution is 2.32. The number of hydrogen-bond acceptors (Lipinski definition) is 1. The highest BCUT2D eigenvalue weighted by atomic mass is 19.3. The molecule has 0 unspecified atom stereocenters. The van der Waals surface area contributed by atoms with Crippen LogP contribution < -0.4 is 0 Å². The molecule has 0 saturated carbocycles. The Labute approximate surface area is 68.0 Å². The van der Waals surface area contributed by atoms with E-state index in [4.69, 9.17) is 0 Å².